The van der Waals surface area contributed by atoms with Crippen LogP contribution in [-0.2, 0) is 0 Å². The third-order valence-corrected chi connectivity index (χ3v) is 6.17. The Morgan fingerprint density at radius 1 is 1.03 bits per heavy atom. The lowest BCUT2D eigenvalue weighted by atomic mass is 10.0. The largest absolute Gasteiger partial charge is 0.290 e. The molecule has 5 rings (SSSR count). The lowest BCUT2D eigenvalue weighted by Gasteiger charge is -2.02. The van der Waals surface area contributed by atoms with Crippen molar-refractivity contribution in [2.75, 3.05) is 0 Å². The van der Waals surface area contributed by atoms with Gasteiger partial charge in [-0.2, -0.15) is 0 Å². The second kappa shape index (κ2) is 7.56. The first-order valence-corrected chi connectivity index (χ1v) is 10.7. The summed E-state index contributed by atoms with van der Waals surface area (Å²) in [6, 6.07) is 21.4. The van der Waals surface area contributed by atoms with Crippen LogP contribution in [0.5, 0.6) is 0 Å². The molecule has 0 N–H and O–H groups in total. The monoisotopic (exact) mass is 428 g/mol. The maximum Gasteiger partial charge on any atom is 0.194 e. The molecule has 0 amide bonds. The minimum absolute atomic E-state index is 0.0373. The Kier molecular flexibility index (Phi) is 4.74. The summed E-state index contributed by atoms with van der Waals surface area (Å²) in [7, 11) is 0. The number of rotatable bonds is 4. The number of thiazole rings is 1. The molecule has 0 aliphatic carbocycles. The van der Waals surface area contributed by atoms with Crippen molar-refractivity contribution < 1.29 is 4.79 Å². The highest BCUT2D eigenvalue weighted by Gasteiger charge is 2.14. The molecule has 0 aliphatic heterocycles. The molecular weight excluding hydrogens is 412 g/mol. The molecule has 3 aromatic carbocycles. The van der Waals surface area contributed by atoms with E-state index >= 15 is 0 Å². The summed E-state index contributed by atoms with van der Waals surface area (Å²) < 4.78 is 2.04. The topological polar surface area (TPSA) is 34.4 Å². The highest BCUT2D eigenvalue weighted by atomic mass is 35.5. The molecule has 5 aromatic rings. The van der Waals surface area contributed by atoms with Crippen LogP contribution in [0.3, 0.4) is 0 Å². The first kappa shape index (κ1) is 18.8. The van der Waals surface area contributed by atoms with Crippen molar-refractivity contribution in [3.8, 4) is 11.3 Å². The first-order chi connectivity index (χ1) is 14.6. The van der Waals surface area contributed by atoms with E-state index in [2.05, 4.69) is 6.92 Å². The zero-order valence-corrected chi connectivity index (χ0v) is 17.7. The fourth-order valence-corrected chi connectivity index (χ4v) is 4.50. The van der Waals surface area contributed by atoms with Crippen LogP contribution in [0, 0.1) is 6.92 Å². The van der Waals surface area contributed by atoms with Crippen molar-refractivity contribution in [1.29, 1.82) is 0 Å². The third kappa shape index (κ3) is 3.45. The van der Waals surface area contributed by atoms with Gasteiger partial charge in [-0.15, -0.1) is 11.3 Å². The predicted molar refractivity (Wildman–Crippen MR) is 126 cm³/mol. The standard InChI is InChI=1S/C25H17ClN2OS/c1-16-15-28-22(24(27-25(28)30-16)18-8-10-21(26)11-9-18)12-13-23(29)20-7-6-17-4-2-3-5-19(17)14-20/h2-15H,1H3/b13-12+. The molecule has 0 unspecified atom stereocenters. The summed E-state index contributed by atoms with van der Waals surface area (Å²) in [5.41, 5.74) is 3.34. The van der Waals surface area contributed by atoms with E-state index in [-0.39, 0.29) is 5.78 Å². The number of imidazole rings is 1. The molecule has 0 atom stereocenters. The molecule has 30 heavy (non-hydrogen) atoms. The van der Waals surface area contributed by atoms with Crippen LogP contribution >= 0.6 is 22.9 Å². The minimum atomic E-state index is -0.0373. The van der Waals surface area contributed by atoms with E-state index in [1.807, 2.05) is 83.4 Å². The Balaban J connectivity index is 1.56. The van der Waals surface area contributed by atoms with Gasteiger partial charge in [-0.25, -0.2) is 4.98 Å². The van der Waals surface area contributed by atoms with Gasteiger partial charge in [0.2, 0.25) is 0 Å². The number of hydrogen-bond acceptors (Lipinski definition) is 3. The zero-order valence-electron chi connectivity index (χ0n) is 16.2. The number of ketones is 1. The number of halogens is 1. The van der Waals surface area contributed by atoms with Gasteiger partial charge in [0.05, 0.1) is 11.4 Å². The highest BCUT2D eigenvalue weighted by Crippen LogP contribution is 2.30. The van der Waals surface area contributed by atoms with Crippen LogP contribution in [0.1, 0.15) is 20.9 Å². The summed E-state index contributed by atoms with van der Waals surface area (Å²) in [5, 5.41) is 2.85. The first-order valence-electron chi connectivity index (χ1n) is 9.54. The Labute approximate surface area is 182 Å². The number of hydrogen-bond donors (Lipinski definition) is 0. The Morgan fingerprint density at radius 3 is 2.60 bits per heavy atom. The molecule has 0 saturated heterocycles. The fourth-order valence-electron chi connectivity index (χ4n) is 3.55. The Morgan fingerprint density at radius 2 is 1.80 bits per heavy atom. The smallest absolute Gasteiger partial charge is 0.194 e. The molecule has 0 aliphatic rings. The second-order valence-electron chi connectivity index (χ2n) is 7.11. The molecule has 3 nitrogen and oxygen atoms in total. The van der Waals surface area contributed by atoms with Crippen molar-refractivity contribution in [3.63, 3.8) is 0 Å². The molecule has 0 fully saturated rings. The number of carbonyl (C=O) groups is 1. The fraction of sp³-hybridized carbons (Fsp3) is 0.0400. The van der Waals surface area contributed by atoms with Gasteiger partial charge in [-0.1, -0.05) is 60.1 Å². The van der Waals surface area contributed by atoms with Gasteiger partial charge in [0.25, 0.3) is 0 Å². The van der Waals surface area contributed by atoms with E-state index in [0.717, 1.165) is 37.6 Å². The average molecular weight is 429 g/mol. The van der Waals surface area contributed by atoms with Gasteiger partial charge in [-0.05, 0) is 48.0 Å². The highest BCUT2D eigenvalue weighted by molar-refractivity contribution is 7.17. The van der Waals surface area contributed by atoms with Crippen molar-refractivity contribution in [2.24, 2.45) is 0 Å². The molecule has 2 aromatic heterocycles. The average Bonchev–Trinajstić information content (AvgIpc) is 3.28. The minimum Gasteiger partial charge on any atom is -0.290 e. The summed E-state index contributed by atoms with van der Waals surface area (Å²) >= 11 is 7.67. The van der Waals surface area contributed by atoms with Crippen LogP contribution in [-0.4, -0.2) is 15.2 Å². The molecule has 0 radical (unpaired) electrons. The molecule has 2 heterocycles. The molecule has 5 heteroatoms. The van der Waals surface area contributed by atoms with Gasteiger partial charge in [0.1, 0.15) is 0 Å². The van der Waals surface area contributed by atoms with E-state index in [9.17, 15) is 4.79 Å². The maximum absolute atomic E-state index is 12.9. The number of aryl methyl sites for hydroxylation is 1. The summed E-state index contributed by atoms with van der Waals surface area (Å²) in [4.78, 5) is 19.7. The summed E-state index contributed by atoms with van der Waals surface area (Å²) in [6.07, 6.45) is 5.53. The van der Waals surface area contributed by atoms with Crippen LogP contribution in [0.15, 0.2) is 79.0 Å². The van der Waals surface area contributed by atoms with E-state index in [4.69, 9.17) is 16.6 Å². The quantitative estimate of drug-likeness (QED) is 0.226. The molecule has 0 saturated carbocycles. The van der Waals surface area contributed by atoms with E-state index < -0.39 is 0 Å². The van der Waals surface area contributed by atoms with Gasteiger partial charge >= 0.3 is 0 Å². The van der Waals surface area contributed by atoms with Crippen LogP contribution in [0.25, 0.3) is 33.1 Å². The summed E-state index contributed by atoms with van der Waals surface area (Å²) in [6.45, 7) is 2.05. The number of fused-ring (bicyclic) bond motifs is 2. The maximum atomic E-state index is 12.9. The van der Waals surface area contributed by atoms with Gasteiger partial charge in [-0.3, -0.25) is 9.20 Å². The number of nitrogens with zero attached hydrogens (tertiary/aromatic N) is 2. The third-order valence-electron chi connectivity index (χ3n) is 5.02. The SMILES string of the molecule is Cc1cn2c(/C=C/C(=O)c3ccc4ccccc4c3)c(-c3ccc(Cl)cc3)nc2s1. The lowest BCUT2D eigenvalue weighted by molar-refractivity contribution is 0.104. The zero-order chi connectivity index (χ0) is 20.7. The number of aromatic nitrogens is 2. The normalized spacial score (nSPS) is 11.7. The molecule has 0 spiro atoms. The van der Waals surface area contributed by atoms with Gasteiger partial charge < -0.3 is 0 Å². The number of carbonyl (C=O) groups excluding carboxylic acids is 1. The van der Waals surface area contributed by atoms with Crippen molar-refractivity contribution in [2.45, 2.75) is 6.92 Å². The molecule has 146 valence electrons. The van der Waals surface area contributed by atoms with Crippen LogP contribution in [0.4, 0.5) is 0 Å². The van der Waals surface area contributed by atoms with Crippen LogP contribution in [0.2, 0.25) is 5.02 Å². The summed E-state index contributed by atoms with van der Waals surface area (Å²) in [5.74, 6) is -0.0373. The Hall–Kier alpha value is -3.21. The van der Waals surface area contributed by atoms with E-state index in [1.54, 1.807) is 17.4 Å². The number of benzene rings is 3. The van der Waals surface area contributed by atoms with E-state index in [1.165, 1.54) is 0 Å². The van der Waals surface area contributed by atoms with Crippen molar-refractivity contribution in [3.05, 3.63) is 100 Å². The number of allylic oxidation sites excluding steroid dienone is 1. The van der Waals surface area contributed by atoms with Crippen LogP contribution < -0.4 is 0 Å². The second-order valence-corrected chi connectivity index (χ2v) is 8.76. The van der Waals surface area contributed by atoms with Crippen molar-refractivity contribution >= 4 is 50.5 Å². The Bertz CT molecular complexity index is 1430. The lowest BCUT2D eigenvalue weighted by Crippen LogP contribution is -1.95. The molecule has 0 bridgehead atoms. The van der Waals surface area contributed by atoms with Gasteiger partial charge in [0, 0.05) is 27.2 Å². The van der Waals surface area contributed by atoms with Gasteiger partial charge in [0.15, 0.2) is 10.7 Å². The molecular formula is C25H17ClN2OS. The van der Waals surface area contributed by atoms with E-state index in [0.29, 0.717) is 10.6 Å². The van der Waals surface area contributed by atoms with Crippen molar-refractivity contribution in [1.82, 2.24) is 9.38 Å². The predicted octanol–water partition coefficient (Wildman–Crippen LogP) is 7.07.